The molecule has 2 aromatic heterocycles. The Kier molecular flexibility index (Phi) is 21.1. The Labute approximate surface area is 366 Å². The number of rotatable bonds is 29. The van der Waals surface area contributed by atoms with Crippen LogP contribution in [0, 0.1) is 6.92 Å². The van der Waals surface area contributed by atoms with Crippen molar-refractivity contribution in [3.8, 4) is 0 Å². The summed E-state index contributed by atoms with van der Waals surface area (Å²) in [6, 6.07) is -0.782. The van der Waals surface area contributed by atoms with E-state index in [1.807, 2.05) is 4.98 Å². The molecule has 0 saturated carbocycles. The molecule has 0 aromatic carbocycles. The van der Waals surface area contributed by atoms with Crippen molar-refractivity contribution in [2.45, 2.75) is 89.3 Å². The quantitative estimate of drug-likeness (QED) is 0.0364. The number of aryl methyl sites for hydroxylation is 2. The van der Waals surface area contributed by atoms with Crippen molar-refractivity contribution in [1.29, 1.82) is 0 Å². The number of hydrogen-bond donors (Lipinski definition) is 11. The zero-order valence-electron chi connectivity index (χ0n) is 34.0. The molecule has 2 aromatic rings. The van der Waals surface area contributed by atoms with Gasteiger partial charge in [0, 0.05) is 57.4 Å². The zero-order valence-corrected chi connectivity index (χ0v) is 39.3. The van der Waals surface area contributed by atoms with Crippen LogP contribution in [0.1, 0.15) is 62.4 Å². The van der Waals surface area contributed by atoms with Gasteiger partial charge in [-0.1, -0.05) is 18.1 Å². The second-order valence-corrected chi connectivity index (χ2v) is 22.9. The van der Waals surface area contributed by atoms with Gasteiger partial charge in [-0.3, -0.25) is 37.7 Å². The van der Waals surface area contributed by atoms with Crippen LogP contribution in [0.15, 0.2) is 22.0 Å². The molecule has 0 bridgehead atoms. The van der Waals surface area contributed by atoms with Gasteiger partial charge in [0.1, 0.15) is 12.3 Å². The summed E-state index contributed by atoms with van der Waals surface area (Å²) in [4.78, 5) is 108. The third-order valence-corrected chi connectivity index (χ3v) is 17.4. The van der Waals surface area contributed by atoms with Gasteiger partial charge in [-0.05, 0) is 26.2 Å². The van der Waals surface area contributed by atoms with Gasteiger partial charge in [0.2, 0.25) is 11.8 Å². The van der Waals surface area contributed by atoms with Gasteiger partial charge in [0.05, 0.1) is 31.1 Å². The lowest BCUT2D eigenvalue weighted by molar-refractivity contribution is -0.122. The van der Waals surface area contributed by atoms with E-state index in [4.69, 9.17) is 10.5 Å². The number of amides is 2. The van der Waals surface area contributed by atoms with Crippen LogP contribution in [0.4, 0.5) is 0 Å². The van der Waals surface area contributed by atoms with Crippen LogP contribution in [0.3, 0.4) is 0 Å². The molecular formula is C26H48N8O25P6. The number of phosphoric acid groups is 6. The molecule has 372 valence electrons. The minimum atomic E-state index is -6.50. The minimum absolute atomic E-state index is 0.0469. The van der Waals surface area contributed by atoms with Crippen molar-refractivity contribution in [3.63, 3.8) is 0 Å². The van der Waals surface area contributed by atoms with Gasteiger partial charge in [0.15, 0.2) is 0 Å². The monoisotopic (exact) mass is 1060 g/mol. The number of carbonyl (C=O) groups is 2. The second kappa shape index (κ2) is 24.2. The molecule has 39 heteroatoms. The summed E-state index contributed by atoms with van der Waals surface area (Å²) >= 11 is 0. The van der Waals surface area contributed by atoms with Crippen LogP contribution in [0.25, 0.3) is 0 Å². The fourth-order valence-electron chi connectivity index (χ4n) is 5.29. The van der Waals surface area contributed by atoms with E-state index < -0.39 is 95.9 Å². The Morgan fingerprint density at radius 2 is 1.42 bits per heavy atom. The van der Waals surface area contributed by atoms with Crippen LogP contribution in [-0.2, 0) is 85.3 Å². The number of aliphatic hydroxyl groups excluding tert-OH is 1. The number of aromatic amines is 1. The number of phosphoric ester groups is 2. The first kappa shape index (κ1) is 56.8. The van der Waals surface area contributed by atoms with E-state index >= 15 is 0 Å². The van der Waals surface area contributed by atoms with Crippen LogP contribution in [0.5, 0.6) is 0 Å². The Morgan fingerprint density at radius 1 is 0.862 bits per heavy atom. The summed E-state index contributed by atoms with van der Waals surface area (Å²) in [6.07, 6.45) is 0.226. The first-order valence-electron chi connectivity index (χ1n) is 18.5. The Bertz CT molecular complexity index is 2380. The lowest BCUT2D eigenvalue weighted by atomic mass is 10.1. The largest absolute Gasteiger partial charge is 0.490 e. The highest BCUT2D eigenvalue weighted by molar-refractivity contribution is 7.72. The van der Waals surface area contributed by atoms with E-state index in [0.717, 1.165) is 10.8 Å². The lowest BCUT2D eigenvalue weighted by Gasteiger charge is -2.21. The molecule has 0 spiro atoms. The molecular weight excluding hydrogens is 1010 g/mol. The highest BCUT2D eigenvalue weighted by Gasteiger charge is 2.50. The lowest BCUT2D eigenvalue weighted by Crippen LogP contribution is -2.40. The number of hydrogen-bond acceptors (Lipinski definition) is 22. The molecule has 0 aliphatic carbocycles. The number of nitrogens with one attached hydrogen (secondary N) is 3. The fourth-order valence-corrected chi connectivity index (χ4v) is 13.1. The van der Waals surface area contributed by atoms with Crippen molar-refractivity contribution in [2.24, 2.45) is 5.73 Å². The van der Waals surface area contributed by atoms with Gasteiger partial charge >= 0.3 is 52.6 Å². The predicted octanol–water partition coefficient (Wildman–Crippen LogP) is -0.424. The van der Waals surface area contributed by atoms with Crippen molar-refractivity contribution >= 4 is 58.8 Å². The van der Waals surface area contributed by atoms with Crippen LogP contribution in [0.2, 0.25) is 0 Å². The second-order valence-electron chi connectivity index (χ2n) is 13.5. The number of unbranched alkanes of at least 4 members (excludes halogenated alkanes) is 3. The van der Waals surface area contributed by atoms with Gasteiger partial charge in [0.25, 0.3) is 5.56 Å². The number of aromatic nitrogens is 5. The smallest absolute Gasteiger partial charge is 0.390 e. The van der Waals surface area contributed by atoms with E-state index in [2.05, 4.69) is 51.5 Å². The van der Waals surface area contributed by atoms with Crippen molar-refractivity contribution in [1.82, 2.24) is 35.2 Å². The Morgan fingerprint density at radius 3 is 2.00 bits per heavy atom. The standard InChI is InChI=1S/C26H48N8O25P6/c1-17-14-34(26(39)30-24(17)37)23-13-20(35)21(54-23)16-53-61(42,43)56-63(46,47)58-65(50,51)59-64(48,49)57-62(44,45)55-60(40,41)52-11-6-4-3-5-9-29-22(36)8-7-10-33-15-18(31-32-33)12-19(27)25(38)28-2/h14-15,19-21,23,35H,3-13,16,27H2,1-2H3,(H,28,38)(H,29,36)(H,40,41)(H,42,43)(H,44,45)(H,46,47)(H,48,49)(H,50,51)(H,30,37,39)/t19?,20-,21-,23-/m0/s1. The number of nitrogens with two attached hydrogens (primary N) is 1. The van der Waals surface area contributed by atoms with Gasteiger partial charge in [-0.15, -0.1) is 5.10 Å². The topological polar surface area (TPSA) is 488 Å². The van der Waals surface area contributed by atoms with Crippen molar-refractivity contribution < 1.29 is 107 Å². The first-order valence-corrected chi connectivity index (χ1v) is 27.5. The summed E-state index contributed by atoms with van der Waals surface area (Å²) in [7, 11) is -35.5. The number of H-pyrrole nitrogens is 1. The molecule has 10 atom stereocenters. The van der Waals surface area contributed by atoms with E-state index in [1.165, 1.54) is 18.7 Å². The number of likely N-dealkylation sites (N-methyl/N-ethyl adjacent to an activating group) is 1. The average molecular weight is 1060 g/mol. The van der Waals surface area contributed by atoms with E-state index in [-0.39, 0.29) is 49.6 Å². The van der Waals surface area contributed by atoms with E-state index in [9.17, 15) is 81.0 Å². The molecule has 33 nitrogen and oxygen atoms in total. The molecule has 1 saturated heterocycles. The maximum atomic E-state index is 12.3. The van der Waals surface area contributed by atoms with E-state index in [1.54, 1.807) is 6.20 Å². The van der Waals surface area contributed by atoms with Crippen LogP contribution in [-0.4, -0.2) is 116 Å². The van der Waals surface area contributed by atoms with Crippen molar-refractivity contribution in [2.75, 3.05) is 26.8 Å². The van der Waals surface area contributed by atoms with Crippen LogP contribution >= 0.6 is 46.9 Å². The van der Waals surface area contributed by atoms with Gasteiger partial charge in [-0.25, -0.2) is 32.2 Å². The zero-order chi connectivity index (χ0) is 49.0. The third kappa shape index (κ3) is 20.7. The number of nitrogens with zero attached hydrogens (tertiary/aromatic N) is 4. The molecule has 12 N–H and O–H groups in total. The number of ether oxygens (including phenoxy) is 1. The van der Waals surface area contributed by atoms with Crippen LogP contribution < -0.4 is 27.6 Å². The Balaban J connectivity index is 1.34. The van der Waals surface area contributed by atoms with E-state index in [0.29, 0.717) is 37.9 Å². The molecule has 2 amide bonds. The summed E-state index contributed by atoms with van der Waals surface area (Å²) in [5.41, 5.74) is 4.70. The summed E-state index contributed by atoms with van der Waals surface area (Å²) in [6.45, 7) is 0.308. The summed E-state index contributed by atoms with van der Waals surface area (Å²) in [5.74, 6) is -0.592. The minimum Gasteiger partial charge on any atom is -0.390 e. The predicted molar refractivity (Wildman–Crippen MR) is 213 cm³/mol. The molecule has 7 unspecified atom stereocenters. The molecule has 1 fully saturated rings. The Hall–Kier alpha value is -2.50. The average Bonchev–Trinajstić information content (AvgIpc) is 3.75. The molecule has 1 aliphatic heterocycles. The molecule has 3 rings (SSSR count). The van der Waals surface area contributed by atoms with Gasteiger partial charge < -0.3 is 55.6 Å². The highest BCUT2D eigenvalue weighted by atomic mass is 31.3. The molecule has 1 aliphatic rings. The normalized spacial score (nSPS) is 22.6. The summed E-state index contributed by atoms with van der Waals surface area (Å²) in [5, 5.41) is 23.2. The van der Waals surface area contributed by atoms with Crippen molar-refractivity contribution in [3.05, 3.63) is 44.5 Å². The fraction of sp³-hybridized carbons (Fsp3) is 0.692. The SMILES string of the molecule is CNC(=O)C(N)Cc1cn(CCCC(=O)NCCCCCCOP(=O)(O)OP(=O)(O)OP(=O)(O)OP(=O)(O)OP(=O)(O)OP(=O)(O)OC[C@@H]2O[C@H](n3cc(C)c(=O)[nH]c3=O)C[C@@H]2O)nn1. The molecule has 65 heavy (non-hydrogen) atoms. The maximum absolute atomic E-state index is 12.3. The number of aliphatic hydroxyl groups is 1. The summed E-state index contributed by atoms with van der Waals surface area (Å²) < 4.78 is 108. The number of carbonyl (C=O) groups excluding carboxylic acids is 2. The molecule has 0 radical (unpaired) electrons. The maximum Gasteiger partial charge on any atom is 0.490 e. The first-order chi connectivity index (χ1) is 29.9. The van der Waals surface area contributed by atoms with Gasteiger partial charge in [-0.2, -0.15) is 21.6 Å². The third-order valence-electron chi connectivity index (χ3n) is 8.13. The molecule has 3 heterocycles. The highest BCUT2D eigenvalue weighted by Crippen LogP contribution is 2.75.